The zero-order chi connectivity index (χ0) is 16.5. The summed E-state index contributed by atoms with van der Waals surface area (Å²) >= 11 is 1.38. The summed E-state index contributed by atoms with van der Waals surface area (Å²) in [5, 5.41) is 12.0. The Morgan fingerprint density at radius 2 is 2.05 bits per heavy atom. The minimum Gasteiger partial charge on any atom is -0.320 e. The minimum absolute atomic E-state index is 0.0874. The number of hydrogen-bond donors (Lipinski definition) is 1. The normalized spacial score (nSPS) is 11.0. The van der Waals surface area contributed by atoms with Gasteiger partial charge in [0.2, 0.25) is 5.56 Å². The number of carbonyl (C=O) groups is 1. The van der Waals surface area contributed by atoms with Crippen molar-refractivity contribution in [2.45, 2.75) is 26.2 Å². The molecule has 0 aliphatic rings. The Balaban J connectivity index is 2.32. The number of hydrogen-bond acceptors (Lipinski definition) is 4. The van der Waals surface area contributed by atoms with Gasteiger partial charge in [0.1, 0.15) is 10.9 Å². The van der Waals surface area contributed by atoms with Gasteiger partial charge in [-0.25, -0.2) is 0 Å². The fourth-order valence-electron chi connectivity index (χ4n) is 1.86. The number of rotatable bonds is 2. The molecule has 2 heterocycles. The van der Waals surface area contributed by atoms with Crippen LogP contribution in [0.2, 0.25) is 0 Å². The van der Waals surface area contributed by atoms with Crippen molar-refractivity contribution >= 4 is 22.9 Å². The van der Waals surface area contributed by atoms with Gasteiger partial charge in [-0.2, -0.15) is 5.26 Å². The molecule has 0 aliphatic heterocycles. The lowest BCUT2D eigenvalue weighted by Gasteiger charge is -2.15. The van der Waals surface area contributed by atoms with E-state index in [1.54, 1.807) is 7.05 Å². The van der Waals surface area contributed by atoms with Crippen molar-refractivity contribution in [3.63, 3.8) is 0 Å². The molecule has 5 nitrogen and oxygen atoms in total. The summed E-state index contributed by atoms with van der Waals surface area (Å²) < 4.78 is 1.34. The summed E-state index contributed by atoms with van der Waals surface area (Å²) in [4.78, 5) is 25.1. The highest BCUT2D eigenvalue weighted by Gasteiger charge is 2.21. The lowest BCUT2D eigenvalue weighted by atomic mass is 9.94. The van der Waals surface area contributed by atoms with Crippen molar-refractivity contribution < 1.29 is 4.79 Å². The van der Waals surface area contributed by atoms with Crippen molar-refractivity contribution in [1.29, 1.82) is 5.26 Å². The Bertz CT molecular complexity index is 819. The second-order valence-corrected chi connectivity index (χ2v) is 7.09. The molecule has 6 heteroatoms. The molecular weight excluding hydrogens is 298 g/mol. The number of pyridine rings is 1. The Hall–Kier alpha value is -2.39. The van der Waals surface area contributed by atoms with Crippen LogP contribution in [0.4, 0.5) is 5.69 Å². The van der Waals surface area contributed by atoms with Crippen molar-refractivity contribution in [1.82, 2.24) is 4.57 Å². The highest BCUT2D eigenvalue weighted by atomic mass is 32.1. The molecule has 2 aromatic heterocycles. The zero-order valence-electron chi connectivity index (χ0n) is 12.9. The van der Waals surface area contributed by atoms with E-state index in [4.69, 9.17) is 0 Å². The Morgan fingerprint density at radius 1 is 1.36 bits per heavy atom. The molecule has 0 atom stereocenters. The summed E-state index contributed by atoms with van der Waals surface area (Å²) in [5.41, 5.74) is 0.612. The third-order valence-corrected chi connectivity index (χ3v) is 4.63. The first-order chi connectivity index (χ1) is 10.2. The summed E-state index contributed by atoms with van der Waals surface area (Å²) in [6.45, 7) is 6.16. The molecule has 0 radical (unpaired) electrons. The molecule has 1 amide bonds. The van der Waals surface area contributed by atoms with Crippen LogP contribution in [0.25, 0.3) is 0 Å². The van der Waals surface area contributed by atoms with Gasteiger partial charge in [0.15, 0.2) is 0 Å². The SMILES string of the molecule is Cn1cc(C(=O)Nc2cc(C(C)(C)C)sc2C#N)ccc1=O. The van der Waals surface area contributed by atoms with Crippen molar-refractivity contribution in [3.8, 4) is 6.07 Å². The lowest BCUT2D eigenvalue weighted by molar-refractivity contribution is 0.102. The van der Waals surface area contributed by atoms with E-state index in [-0.39, 0.29) is 16.9 Å². The van der Waals surface area contributed by atoms with Crippen LogP contribution < -0.4 is 10.9 Å². The van der Waals surface area contributed by atoms with Gasteiger partial charge >= 0.3 is 0 Å². The van der Waals surface area contributed by atoms with Gasteiger partial charge in [-0.05, 0) is 17.5 Å². The molecule has 0 saturated heterocycles. The quantitative estimate of drug-likeness (QED) is 0.926. The first kappa shape index (κ1) is 16.0. The van der Waals surface area contributed by atoms with Crippen LogP contribution in [0, 0.1) is 11.3 Å². The van der Waals surface area contributed by atoms with Gasteiger partial charge in [0.05, 0.1) is 11.3 Å². The number of nitrogens with zero attached hydrogens (tertiary/aromatic N) is 2. The second kappa shape index (κ2) is 5.78. The molecule has 2 rings (SSSR count). The van der Waals surface area contributed by atoms with Crippen molar-refractivity contribution in [2.24, 2.45) is 7.05 Å². The lowest BCUT2D eigenvalue weighted by Crippen LogP contribution is -2.19. The maximum Gasteiger partial charge on any atom is 0.257 e. The summed E-state index contributed by atoms with van der Waals surface area (Å²) in [6.07, 6.45) is 1.47. The maximum absolute atomic E-state index is 12.3. The minimum atomic E-state index is -0.342. The third kappa shape index (κ3) is 3.26. The van der Waals surface area contributed by atoms with Crippen LogP contribution in [0.1, 0.15) is 40.9 Å². The van der Waals surface area contributed by atoms with E-state index in [2.05, 4.69) is 32.2 Å². The Morgan fingerprint density at radius 3 is 2.59 bits per heavy atom. The van der Waals surface area contributed by atoms with E-state index in [9.17, 15) is 14.9 Å². The van der Waals surface area contributed by atoms with Gasteiger partial charge < -0.3 is 9.88 Å². The monoisotopic (exact) mass is 315 g/mol. The highest BCUT2D eigenvalue weighted by Crippen LogP contribution is 2.35. The molecule has 0 aromatic carbocycles. The molecule has 114 valence electrons. The van der Waals surface area contributed by atoms with Crippen LogP contribution >= 0.6 is 11.3 Å². The van der Waals surface area contributed by atoms with E-state index >= 15 is 0 Å². The number of aromatic nitrogens is 1. The van der Waals surface area contributed by atoms with E-state index in [0.29, 0.717) is 16.1 Å². The number of aryl methyl sites for hydroxylation is 1. The molecule has 0 aliphatic carbocycles. The average molecular weight is 315 g/mol. The number of nitrogens with one attached hydrogen (secondary N) is 1. The standard InChI is InChI=1S/C16H17N3O2S/c1-16(2,3)13-7-11(12(8-17)22-13)18-15(21)10-5-6-14(20)19(4)9-10/h5-7,9H,1-4H3,(H,18,21). The predicted molar refractivity (Wildman–Crippen MR) is 87.4 cm³/mol. The molecule has 0 saturated carbocycles. The number of carbonyl (C=O) groups excluding carboxylic acids is 1. The van der Waals surface area contributed by atoms with Gasteiger partial charge in [-0.15, -0.1) is 11.3 Å². The van der Waals surface area contributed by atoms with Crippen molar-refractivity contribution in [2.75, 3.05) is 5.32 Å². The number of thiophene rings is 1. The zero-order valence-corrected chi connectivity index (χ0v) is 13.7. The molecule has 1 N–H and O–H groups in total. The van der Waals surface area contributed by atoms with Gasteiger partial charge in [0.25, 0.3) is 5.91 Å². The van der Waals surface area contributed by atoms with Crippen LogP contribution in [0.3, 0.4) is 0 Å². The molecule has 0 spiro atoms. The van der Waals surface area contributed by atoms with Crippen LogP contribution in [0.15, 0.2) is 29.2 Å². The highest BCUT2D eigenvalue weighted by molar-refractivity contribution is 7.13. The Labute approximate surface area is 132 Å². The predicted octanol–water partition coefficient (Wildman–Crippen LogP) is 2.87. The van der Waals surface area contributed by atoms with E-state index in [1.165, 1.54) is 34.2 Å². The van der Waals surface area contributed by atoms with Gasteiger partial charge in [-0.3, -0.25) is 9.59 Å². The van der Waals surface area contributed by atoms with Crippen LogP contribution in [-0.4, -0.2) is 10.5 Å². The average Bonchev–Trinajstić information content (AvgIpc) is 2.84. The smallest absolute Gasteiger partial charge is 0.257 e. The molecular formula is C16H17N3O2S. The fraction of sp³-hybridized carbons (Fsp3) is 0.312. The second-order valence-electron chi connectivity index (χ2n) is 6.04. The maximum atomic E-state index is 12.3. The molecule has 2 aromatic rings. The fourth-order valence-corrected chi connectivity index (χ4v) is 2.83. The van der Waals surface area contributed by atoms with Crippen LogP contribution in [0.5, 0.6) is 0 Å². The molecule has 0 bridgehead atoms. The first-order valence-electron chi connectivity index (χ1n) is 6.75. The summed E-state index contributed by atoms with van der Waals surface area (Å²) in [6, 6.07) is 6.76. The van der Waals surface area contributed by atoms with E-state index < -0.39 is 0 Å². The van der Waals surface area contributed by atoms with E-state index in [1.807, 2.05) is 6.07 Å². The Kier molecular flexibility index (Phi) is 4.20. The van der Waals surface area contributed by atoms with Crippen molar-refractivity contribution in [3.05, 3.63) is 50.1 Å². The topological polar surface area (TPSA) is 74.9 Å². The molecule has 0 fully saturated rings. The number of amides is 1. The number of nitriles is 1. The largest absolute Gasteiger partial charge is 0.320 e. The first-order valence-corrected chi connectivity index (χ1v) is 7.56. The number of anilines is 1. The molecule has 0 unspecified atom stereocenters. The summed E-state index contributed by atoms with van der Waals surface area (Å²) in [5.74, 6) is -0.342. The van der Waals surface area contributed by atoms with Crippen LogP contribution in [-0.2, 0) is 12.5 Å². The van der Waals surface area contributed by atoms with Gasteiger partial charge in [-0.1, -0.05) is 20.8 Å². The third-order valence-electron chi connectivity index (χ3n) is 3.17. The molecule has 22 heavy (non-hydrogen) atoms. The van der Waals surface area contributed by atoms with E-state index in [0.717, 1.165) is 4.88 Å². The van der Waals surface area contributed by atoms with Gasteiger partial charge in [0, 0.05) is 24.2 Å². The summed E-state index contributed by atoms with van der Waals surface area (Å²) in [7, 11) is 1.59.